The Kier molecular flexibility index (Phi) is 4.11. The summed E-state index contributed by atoms with van der Waals surface area (Å²) in [6.45, 7) is 3.40. The molecule has 2 aliphatic rings. The summed E-state index contributed by atoms with van der Waals surface area (Å²) in [6, 6.07) is 10.3. The van der Waals surface area contributed by atoms with Gasteiger partial charge in [-0.15, -0.1) is 11.3 Å². The highest BCUT2D eigenvalue weighted by Crippen LogP contribution is 2.26. The first kappa shape index (κ1) is 14.8. The number of nitrogens with zero attached hydrogens (tertiary/aromatic N) is 3. The molecule has 120 valence electrons. The summed E-state index contributed by atoms with van der Waals surface area (Å²) in [7, 11) is 0. The van der Waals surface area contributed by atoms with Crippen LogP contribution in [0.3, 0.4) is 0 Å². The van der Waals surface area contributed by atoms with Gasteiger partial charge in [0.15, 0.2) is 0 Å². The molecule has 0 N–H and O–H groups in total. The molecule has 2 fully saturated rings. The molecular weight excluding hydrogens is 310 g/mol. The molecule has 1 aromatic carbocycles. The van der Waals surface area contributed by atoms with E-state index in [1.807, 2.05) is 34.7 Å². The van der Waals surface area contributed by atoms with Crippen LogP contribution in [0.4, 0.5) is 0 Å². The zero-order chi connectivity index (χ0) is 15.6. The maximum Gasteiger partial charge on any atom is 0.249 e. The predicted molar refractivity (Wildman–Crippen MR) is 87.9 cm³/mol. The number of thiazole rings is 1. The van der Waals surface area contributed by atoms with Crippen LogP contribution >= 0.6 is 11.3 Å². The molecule has 0 bridgehead atoms. The van der Waals surface area contributed by atoms with Gasteiger partial charge < -0.3 is 9.64 Å². The van der Waals surface area contributed by atoms with E-state index in [2.05, 4.69) is 22.0 Å². The highest BCUT2D eigenvalue weighted by atomic mass is 32.1. The van der Waals surface area contributed by atoms with Crippen LogP contribution in [-0.2, 0) is 22.6 Å². The second kappa shape index (κ2) is 6.39. The molecule has 0 saturated carbocycles. The quantitative estimate of drug-likeness (QED) is 0.857. The van der Waals surface area contributed by atoms with Gasteiger partial charge in [0.2, 0.25) is 5.91 Å². The van der Waals surface area contributed by atoms with E-state index in [0.29, 0.717) is 6.54 Å². The Bertz CT molecular complexity index is 662. The van der Waals surface area contributed by atoms with Gasteiger partial charge in [0.1, 0.15) is 11.6 Å². The van der Waals surface area contributed by atoms with Crippen molar-refractivity contribution in [1.29, 1.82) is 0 Å². The van der Waals surface area contributed by atoms with Gasteiger partial charge in [-0.3, -0.25) is 9.69 Å². The number of aromatic nitrogens is 1. The van der Waals surface area contributed by atoms with Gasteiger partial charge >= 0.3 is 0 Å². The minimum Gasteiger partial charge on any atom is -0.365 e. The first-order chi connectivity index (χ1) is 11.3. The summed E-state index contributed by atoms with van der Waals surface area (Å²) in [5.74, 6) is 0.0891. The number of benzene rings is 1. The van der Waals surface area contributed by atoms with E-state index in [9.17, 15) is 4.79 Å². The maximum absolute atomic E-state index is 12.3. The predicted octanol–water partition coefficient (Wildman–Crippen LogP) is 1.75. The molecule has 3 heterocycles. The topological polar surface area (TPSA) is 45.7 Å². The van der Waals surface area contributed by atoms with E-state index >= 15 is 0 Å². The number of hydrogen-bond acceptors (Lipinski definition) is 5. The zero-order valence-corrected chi connectivity index (χ0v) is 13.6. The van der Waals surface area contributed by atoms with Crippen LogP contribution in [-0.4, -0.2) is 52.5 Å². The van der Waals surface area contributed by atoms with E-state index < -0.39 is 0 Å². The highest BCUT2D eigenvalue weighted by molar-refractivity contribution is 7.09. The van der Waals surface area contributed by atoms with Crippen molar-refractivity contribution in [3.05, 3.63) is 52.5 Å². The number of likely N-dealkylation sites (tertiary alicyclic amines) is 1. The van der Waals surface area contributed by atoms with Gasteiger partial charge in [-0.25, -0.2) is 4.98 Å². The fraction of sp³-hybridized carbons (Fsp3) is 0.412. The lowest BCUT2D eigenvalue weighted by Crippen LogP contribution is -2.53. The minimum atomic E-state index is 0.0891. The standard InChI is InChI=1S/C17H19N3O2S/c21-17-12-22-15-10-19(11-16-18-6-7-23-16)9-14(15)20(17)8-13-4-2-1-3-5-13/h1-7,14-15H,8-12H2/t14-,15-/m1/s1. The Morgan fingerprint density at radius 1 is 1.22 bits per heavy atom. The van der Waals surface area contributed by atoms with E-state index in [1.54, 1.807) is 11.3 Å². The van der Waals surface area contributed by atoms with Crippen molar-refractivity contribution in [2.24, 2.45) is 0 Å². The number of ether oxygens (including phenoxy) is 1. The van der Waals surface area contributed by atoms with Gasteiger partial charge in [-0.05, 0) is 5.56 Å². The largest absolute Gasteiger partial charge is 0.365 e. The van der Waals surface area contributed by atoms with Crippen LogP contribution in [0, 0.1) is 0 Å². The van der Waals surface area contributed by atoms with Crippen LogP contribution in [0.1, 0.15) is 10.6 Å². The fourth-order valence-corrected chi connectivity index (χ4v) is 4.04. The highest BCUT2D eigenvalue weighted by Gasteiger charge is 2.43. The average molecular weight is 329 g/mol. The number of morpholine rings is 1. The third-order valence-electron chi connectivity index (χ3n) is 4.49. The Morgan fingerprint density at radius 2 is 2.09 bits per heavy atom. The number of rotatable bonds is 4. The molecule has 6 heteroatoms. The average Bonchev–Trinajstić information content (AvgIpc) is 3.21. The summed E-state index contributed by atoms with van der Waals surface area (Å²) in [6.07, 6.45) is 1.95. The summed E-state index contributed by atoms with van der Waals surface area (Å²) < 4.78 is 5.78. The Hall–Kier alpha value is -1.76. The first-order valence-corrected chi connectivity index (χ1v) is 8.73. The lowest BCUT2D eigenvalue weighted by molar-refractivity contribution is -0.153. The number of fused-ring (bicyclic) bond motifs is 1. The molecule has 0 aliphatic carbocycles. The zero-order valence-electron chi connectivity index (χ0n) is 12.8. The maximum atomic E-state index is 12.3. The Morgan fingerprint density at radius 3 is 2.87 bits per heavy atom. The van der Waals surface area contributed by atoms with E-state index in [-0.39, 0.29) is 24.7 Å². The number of hydrogen-bond donors (Lipinski definition) is 0. The molecule has 5 nitrogen and oxygen atoms in total. The monoisotopic (exact) mass is 329 g/mol. The van der Waals surface area contributed by atoms with Gasteiger partial charge in [-0.1, -0.05) is 30.3 Å². The number of carbonyl (C=O) groups is 1. The molecule has 2 atom stereocenters. The fourth-order valence-electron chi connectivity index (χ4n) is 3.38. The van der Waals surface area contributed by atoms with Crippen molar-refractivity contribution in [3.63, 3.8) is 0 Å². The SMILES string of the molecule is O=C1CO[C@@H]2CN(Cc3nccs3)C[C@H]2N1Cc1ccccc1. The van der Waals surface area contributed by atoms with Gasteiger partial charge in [0.25, 0.3) is 0 Å². The molecule has 4 rings (SSSR count). The van der Waals surface area contributed by atoms with E-state index in [4.69, 9.17) is 4.74 Å². The molecule has 0 spiro atoms. The second-order valence-corrected chi connectivity index (χ2v) is 7.02. The third-order valence-corrected chi connectivity index (χ3v) is 5.26. The summed E-state index contributed by atoms with van der Waals surface area (Å²) >= 11 is 1.67. The van der Waals surface area contributed by atoms with Crippen LogP contribution in [0.5, 0.6) is 0 Å². The number of amides is 1. The van der Waals surface area contributed by atoms with E-state index in [0.717, 1.165) is 24.6 Å². The van der Waals surface area contributed by atoms with Crippen LogP contribution < -0.4 is 0 Å². The normalized spacial score (nSPS) is 24.9. The Labute approximate surface area is 139 Å². The molecule has 0 unspecified atom stereocenters. The van der Waals surface area contributed by atoms with Crippen molar-refractivity contribution in [3.8, 4) is 0 Å². The molecule has 0 radical (unpaired) electrons. The first-order valence-electron chi connectivity index (χ1n) is 7.85. The van der Waals surface area contributed by atoms with Crippen molar-refractivity contribution >= 4 is 17.2 Å². The molecule has 1 amide bonds. The molecule has 2 aliphatic heterocycles. The molecule has 1 aromatic heterocycles. The summed E-state index contributed by atoms with van der Waals surface area (Å²) in [4.78, 5) is 21.0. The molecule has 23 heavy (non-hydrogen) atoms. The minimum absolute atomic E-state index is 0.0891. The lowest BCUT2D eigenvalue weighted by atomic mass is 10.1. The van der Waals surface area contributed by atoms with Crippen LogP contribution in [0.15, 0.2) is 41.9 Å². The molecular formula is C17H19N3O2S. The molecule has 2 saturated heterocycles. The van der Waals surface area contributed by atoms with Crippen LogP contribution in [0.25, 0.3) is 0 Å². The molecule has 2 aromatic rings. The second-order valence-electron chi connectivity index (χ2n) is 6.04. The Balaban J connectivity index is 1.47. The van der Waals surface area contributed by atoms with Crippen molar-refractivity contribution in [2.75, 3.05) is 19.7 Å². The smallest absolute Gasteiger partial charge is 0.249 e. The van der Waals surface area contributed by atoms with Crippen molar-refractivity contribution in [2.45, 2.75) is 25.2 Å². The van der Waals surface area contributed by atoms with E-state index in [1.165, 1.54) is 5.56 Å². The van der Waals surface area contributed by atoms with Gasteiger partial charge in [0, 0.05) is 31.2 Å². The number of carbonyl (C=O) groups excluding carboxylic acids is 1. The summed E-state index contributed by atoms with van der Waals surface area (Å²) in [5, 5.41) is 3.12. The van der Waals surface area contributed by atoms with Crippen LogP contribution in [0.2, 0.25) is 0 Å². The lowest BCUT2D eigenvalue weighted by Gasteiger charge is -2.36. The van der Waals surface area contributed by atoms with Gasteiger partial charge in [0.05, 0.1) is 18.7 Å². The third kappa shape index (κ3) is 3.15. The van der Waals surface area contributed by atoms with Crippen molar-refractivity contribution < 1.29 is 9.53 Å². The van der Waals surface area contributed by atoms with Crippen molar-refractivity contribution in [1.82, 2.24) is 14.8 Å². The summed E-state index contributed by atoms with van der Waals surface area (Å²) in [5.41, 5.74) is 1.17. The van der Waals surface area contributed by atoms with Gasteiger partial charge in [-0.2, -0.15) is 0 Å².